The van der Waals surface area contributed by atoms with Crippen LogP contribution in [0.1, 0.15) is 54.4 Å². The summed E-state index contributed by atoms with van der Waals surface area (Å²) >= 11 is 5.37. The number of benzene rings is 2. The van der Waals surface area contributed by atoms with Gasteiger partial charge in [-0.3, -0.25) is 4.79 Å². The monoisotopic (exact) mass is 418 g/mol. The maximum absolute atomic E-state index is 13.1. The number of nitriles is 1. The van der Waals surface area contributed by atoms with E-state index in [0.29, 0.717) is 28.3 Å². The Morgan fingerprint density at radius 3 is 2.53 bits per heavy atom. The molecule has 30 heavy (non-hydrogen) atoms. The predicted molar refractivity (Wildman–Crippen MR) is 123 cm³/mol. The molecule has 2 aromatic carbocycles. The number of thiocarbonyl (C=S) groups is 1. The van der Waals surface area contributed by atoms with Crippen molar-refractivity contribution < 1.29 is 4.79 Å². The summed E-state index contributed by atoms with van der Waals surface area (Å²) in [4.78, 5) is 15.2. The molecule has 2 atom stereocenters. The van der Waals surface area contributed by atoms with Crippen LogP contribution in [0.4, 0.5) is 11.4 Å². The van der Waals surface area contributed by atoms with Crippen molar-refractivity contribution in [3.63, 3.8) is 0 Å². The molecule has 1 amide bonds. The number of hydrogen-bond donors (Lipinski definition) is 2. The van der Waals surface area contributed by atoms with Gasteiger partial charge in [0.05, 0.1) is 11.3 Å². The van der Waals surface area contributed by atoms with Crippen LogP contribution in [0, 0.1) is 17.2 Å². The standard InChI is InChI=1S/C24H26N4OS/c25-16-19-7-1-3-9-21(19)27-24(30)26-20-13-11-18(12-14-20)23(29)28-15-5-8-17-6-2-4-10-22(17)28/h1,3,7,9,11-14,17,22H,2,4-6,8,10,15H2,(H2,26,27,30)/t17-,22?/m1/s1. The molecule has 0 spiro atoms. The van der Waals surface area contributed by atoms with Gasteiger partial charge in [-0.05, 0) is 80.2 Å². The topological polar surface area (TPSA) is 68.2 Å². The van der Waals surface area contributed by atoms with Crippen molar-refractivity contribution in [1.82, 2.24) is 4.90 Å². The lowest BCUT2D eigenvalue weighted by atomic mass is 9.78. The summed E-state index contributed by atoms with van der Waals surface area (Å²) < 4.78 is 0. The largest absolute Gasteiger partial charge is 0.335 e. The number of nitrogens with one attached hydrogen (secondary N) is 2. The molecule has 6 heteroatoms. The maximum Gasteiger partial charge on any atom is 0.254 e. The van der Waals surface area contributed by atoms with Crippen molar-refractivity contribution in [2.75, 3.05) is 17.2 Å². The zero-order chi connectivity index (χ0) is 20.9. The van der Waals surface area contributed by atoms with Crippen molar-refractivity contribution in [2.24, 2.45) is 5.92 Å². The number of hydrogen-bond acceptors (Lipinski definition) is 3. The number of fused-ring (bicyclic) bond motifs is 1. The van der Waals surface area contributed by atoms with Gasteiger partial charge in [-0.15, -0.1) is 0 Å². The van der Waals surface area contributed by atoms with Gasteiger partial charge in [0, 0.05) is 23.8 Å². The molecule has 1 aliphatic heterocycles. The number of para-hydroxylation sites is 1. The molecule has 2 aromatic rings. The van der Waals surface area contributed by atoms with E-state index in [1.807, 2.05) is 42.5 Å². The molecule has 5 nitrogen and oxygen atoms in total. The first kappa shape index (κ1) is 20.4. The molecular weight excluding hydrogens is 392 g/mol. The average Bonchev–Trinajstić information content (AvgIpc) is 2.79. The van der Waals surface area contributed by atoms with Crippen LogP contribution in [0.15, 0.2) is 48.5 Å². The van der Waals surface area contributed by atoms with Gasteiger partial charge in [0.2, 0.25) is 0 Å². The van der Waals surface area contributed by atoms with Crippen LogP contribution in [0.5, 0.6) is 0 Å². The highest BCUT2D eigenvalue weighted by Gasteiger charge is 2.35. The van der Waals surface area contributed by atoms with Gasteiger partial charge in [-0.1, -0.05) is 25.0 Å². The van der Waals surface area contributed by atoms with Gasteiger partial charge >= 0.3 is 0 Å². The molecule has 2 N–H and O–H groups in total. The summed E-state index contributed by atoms with van der Waals surface area (Å²) in [6, 6.07) is 17.2. The lowest BCUT2D eigenvalue weighted by molar-refractivity contribution is 0.0391. The molecule has 0 aromatic heterocycles. The molecular formula is C24H26N4OS. The minimum Gasteiger partial charge on any atom is -0.335 e. The van der Waals surface area contributed by atoms with E-state index < -0.39 is 0 Å². The van der Waals surface area contributed by atoms with Crippen LogP contribution < -0.4 is 10.6 Å². The fourth-order valence-electron chi connectivity index (χ4n) is 4.71. The Morgan fingerprint density at radius 1 is 1.00 bits per heavy atom. The number of carbonyl (C=O) groups is 1. The Bertz CT molecular complexity index is 964. The second kappa shape index (κ2) is 9.27. The van der Waals surface area contributed by atoms with Gasteiger partial charge in [-0.25, -0.2) is 0 Å². The van der Waals surface area contributed by atoms with Crippen molar-refractivity contribution in [3.8, 4) is 6.07 Å². The number of carbonyl (C=O) groups excluding carboxylic acids is 1. The normalized spacial score (nSPS) is 20.6. The molecule has 1 heterocycles. The molecule has 1 saturated carbocycles. The first-order chi connectivity index (χ1) is 14.7. The molecule has 2 aliphatic rings. The number of rotatable bonds is 3. The first-order valence-corrected chi connectivity index (χ1v) is 11.0. The number of amides is 1. The first-order valence-electron chi connectivity index (χ1n) is 10.6. The third-order valence-corrected chi connectivity index (χ3v) is 6.39. The van der Waals surface area contributed by atoms with E-state index in [1.54, 1.807) is 6.07 Å². The molecule has 0 radical (unpaired) electrons. The summed E-state index contributed by atoms with van der Waals surface area (Å²) in [6.07, 6.45) is 7.30. The zero-order valence-corrected chi connectivity index (χ0v) is 17.8. The van der Waals surface area contributed by atoms with Gasteiger partial charge in [0.15, 0.2) is 5.11 Å². The summed E-state index contributed by atoms with van der Waals surface area (Å²) in [7, 11) is 0. The van der Waals surface area contributed by atoms with E-state index in [-0.39, 0.29) is 5.91 Å². The second-order valence-electron chi connectivity index (χ2n) is 8.07. The van der Waals surface area contributed by atoms with Gasteiger partial charge < -0.3 is 15.5 Å². The Kier molecular flexibility index (Phi) is 6.29. The summed E-state index contributed by atoms with van der Waals surface area (Å²) in [5.41, 5.74) is 2.72. The minimum absolute atomic E-state index is 0.141. The lowest BCUT2D eigenvalue weighted by Crippen LogP contribution is -2.49. The van der Waals surface area contributed by atoms with E-state index in [0.717, 1.165) is 30.6 Å². The summed E-state index contributed by atoms with van der Waals surface area (Å²) in [5.74, 6) is 0.818. The third-order valence-electron chi connectivity index (χ3n) is 6.19. The summed E-state index contributed by atoms with van der Waals surface area (Å²) in [6.45, 7) is 0.867. The molecule has 1 saturated heterocycles. The molecule has 0 bridgehead atoms. The Hall–Kier alpha value is -2.91. The van der Waals surface area contributed by atoms with Crippen LogP contribution in [0.3, 0.4) is 0 Å². The average molecular weight is 419 g/mol. The van der Waals surface area contributed by atoms with Crippen molar-refractivity contribution in [1.29, 1.82) is 5.26 Å². The SMILES string of the molecule is N#Cc1ccccc1NC(=S)Nc1ccc(C(=O)N2CCC[C@H]3CCCCC32)cc1. The second-order valence-corrected chi connectivity index (χ2v) is 8.47. The third kappa shape index (κ3) is 4.47. The lowest BCUT2D eigenvalue weighted by Gasteiger charge is -2.44. The van der Waals surface area contributed by atoms with Gasteiger partial charge in [-0.2, -0.15) is 5.26 Å². The molecule has 1 aliphatic carbocycles. The number of nitrogens with zero attached hydrogens (tertiary/aromatic N) is 2. The van der Waals surface area contributed by atoms with Crippen molar-refractivity contribution in [3.05, 3.63) is 59.7 Å². The van der Waals surface area contributed by atoms with Crippen LogP contribution in [-0.2, 0) is 0 Å². The highest BCUT2D eigenvalue weighted by molar-refractivity contribution is 7.80. The molecule has 1 unspecified atom stereocenters. The minimum atomic E-state index is 0.141. The van der Waals surface area contributed by atoms with Gasteiger partial charge in [0.1, 0.15) is 6.07 Å². The predicted octanol–water partition coefficient (Wildman–Crippen LogP) is 5.16. The van der Waals surface area contributed by atoms with Crippen LogP contribution in [-0.4, -0.2) is 28.5 Å². The van der Waals surface area contributed by atoms with Crippen LogP contribution in [0.25, 0.3) is 0 Å². The fourth-order valence-corrected chi connectivity index (χ4v) is 4.94. The highest BCUT2D eigenvalue weighted by atomic mass is 32.1. The molecule has 154 valence electrons. The molecule has 4 rings (SSSR count). The van der Waals surface area contributed by atoms with E-state index in [4.69, 9.17) is 12.2 Å². The smallest absolute Gasteiger partial charge is 0.254 e. The Morgan fingerprint density at radius 2 is 1.73 bits per heavy atom. The van der Waals surface area contributed by atoms with Crippen LogP contribution >= 0.6 is 12.2 Å². The zero-order valence-electron chi connectivity index (χ0n) is 16.9. The Labute approximate surface area is 183 Å². The van der Waals surface area contributed by atoms with Crippen LogP contribution in [0.2, 0.25) is 0 Å². The van der Waals surface area contributed by atoms with Crippen molar-refractivity contribution >= 4 is 34.6 Å². The van der Waals surface area contributed by atoms with E-state index in [1.165, 1.54) is 25.7 Å². The molecule has 2 fully saturated rings. The van der Waals surface area contributed by atoms with E-state index in [9.17, 15) is 10.1 Å². The Balaban J connectivity index is 1.39. The number of likely N-dealkylation sites (tertiary alicyclic amines) is 1. The van der Waals surface area contributed by atoms with Crippen molar-refractivity contribution in [2.45, 2.75) is 44.6 Å². The number of anilines is 2. The number of piperidine rings is 1. The van der Waals surface area contributed by atoms with E-state index in [2.05, 4.69) is 21.6 Å². The van der Waals surface area contributed by atoms with Gasteiger partial charge in [0.25, 0.3) is 5.91 Å². The van der Waals surface area contributed by atoms with E-state index >= 15 is 0 Å². The highest BCUT2D eigenvalue weighted by Crippen LogP contribution is 2.36. The fraction of sp³-hybridized carbons (Fsp3) is 0.375. The summed E-state index contributed by atoms with van der Waals surface area (Å²) in [5, 5.41) is 15.8. The maximum atomic E-state index is 13.1. The quantitative estimate of drug-likeness (QED) is 0.674.